The number of rotatable bonds is 3. The number of benzene rings is 1. The maximum atomic E-state index is 10.9. The van der Waals surface area contributed by atoms with Crippen molar-refractivity contribution in [1.29, 1.82) is 0 Å². The molecule has 0 fully saturated rings. The predicted octanol–water partition coefficient (Wildman–Crippen LogP) is 1.79. The summed E-state index contributed by atoms with van der Waals surface area (Å²) in [5.41, 5.74) is 6.59. The maximum absolute atomic E-state index is 10.9. The summed E-state index contributed by atoms with van der Waals surface area (Å²) in [5.74, 6) is -0.335. The second-order valence-electron chi connectivity index (χ2n) is 3.55. The van der Waals surface area contributed by atoms with Gasteiger partial charge in [0.05, 0.1) is 5.56 Å². The maximum Gasteiger partial charge on any atom is 0.337 e. The Hall–Kier alpha value is -2.50. The molecule has 1 heterocycles. The Labute approximate surface area is 97.0 Å². The number of hydrogen-bond acceptors (Lipinski definition) is 4. The number of nitrogens with one attached hydrogen (secondary N) is 1. The first-order chi connectivity index (χ1) is 8.06. The molecule has 0 bridgehead atoms. The van der Waals surface area contributed by atoms with Gasteiger partial charge in [-0.2, -0.15) is 0 Å². The van der Waals surface area contributed by atoms with Crippen molar-refractivity contribution in [3.63, 3.8) is 0 Å². The topological polar surface area (TPSA) is 101 Å². The molecule has 6 heteroatoms. The Balaban J connectivity index is 2.28. The lowest BCUT2D eigenvalue weighted by molar-refractivity contribution is 0.0697. The molecule has 0 spiro atoms. The predicted molar refractivity (Wildman–Crippen MR) is 61.2 cm³/mol. The molecular weight excluding hydrogens is 222 g/mol. The van der Waals surface area contributed by atoms with E-state index >= 15 is 0 Å². The van der Waals surface area contributed by atoms with E-state index in [1.807, 2.05) is 6.92 Å². The molecule has 0 saturated heterocycles. The number of aromatic nitrogens is 2. The van der Waals surface area contributed by atoms with Gasteiger partial charge in [-0.3, -0.25) is 5.10 Å². The summed E-state index contributed by atoms with van der Waals surface area (Å²) in [4.78, 5) is 10.9. The molecule has 0 radical (unpaired) electrons. The lowest BCUT2D eigenvalue weighted by Crippen LogP contribution is -2.02. The van der Waals surface area contributed by atoms with Crippen LogP contribution < -0.4 is 10.5 Å². The van der Waals surface area contributed by atoms with Gasteiger partial charge in [-0.25, -0.2) is 4.79 Å². The quantitative estimate of drug-likeness (QED) is 0.701. The van der Waals surface area contributed by atoms with E-state index < -0.39 is 5.97 Å². The molecule has 2 rings (SSSR count). The average molecular weight is 233 g/mol. The number of anilines is 1. The Kier molecular flexibility index (Phi) is 2.70. The number of hydrogen-bond donors (Lipinski definition) is 3. The monoisotopic (exact) mass is 233 g/mol. The van der Waals surface area contributed by atoms with Crippen LogP contribution in [-0.4, -0.2) is 21.3 Å². The molecule has 88 valence electrons. The van der Waals surface area contributed by atoms with Gasteiger partial charge in [0, 0.05) is 17.4 Å². The first-order valence-electron chi connectivity index (χ1n) is 4.89. The van der Waals surface area contributed by atoms with Crippen LogP contribution in [0.1, 0.15) is 16.1 Å². The van der Waals surface area contributed by atoms with Crippen molar-refractivity contribution in [2.75, 3.05) is 5.73 Å². The van der Waals surface area contributed by atoms with Gasteiger partial charge in [-0.05, 0) is 25.1 Å². The van der Waals surface area contributed by atoms with Crippen molar-refractivity contribution in [2.45, 2.75) is 6.92 Å². The number of aromatic carboxylic acids is 1. The van der Waals surface area contributed by atoms with Crippen molar-refractivity contribution in [3.05, 3.63) is 35.5 Å². The molecule has 6 nitrogen and oxygen atoms in total. The van der Waals surface area contributed by atoms with Crippen LogP contribution in [0.15, 0.2) is 24.3 Å². The third-order valence-electron chi connectivity index (χ3n) is 2.16. The first-order valence-corrected chi connectivity index (χ1v) is 4.89. The van der Waals surface area contributed by atoms with E-state index in [1.54, 1.807) is 12.1 Å². The number of aryl methyl sites for hydroxylation is 1. The smallest absolute Gasteiger partial charge is 0.337 e. The van der Waals surface area contributed by atoms with Gasteiger partial charge in [-0.15, -0.1) is 5.10 Å². The van der Waals surface area contributed by atoms with Gasteiger partial charge in [0.15, 0.2) is 0 Å². The summed E-state index contributed by atoms with van der Waals surface area (Å²) in [6.07, 6.45) is 0. The molecule has 1 aromatic heterocycles. The molecule has 0 aliphatic carbocycles. The van der Waals surface area contributed by atoms with E-state index in [0.29, 0.717) is 11.6 Å². The number of ether oxygens (including phenoxy) is 1. The van der Waals surface area contributed by atoms with Crippen molar-refractivity contribution in [2.24, 2.45) is 0 Å². The van der Waals surface area contributed by atoms with Crippen LogP contribution >= 0.6 is 0 Å². The highest BCUT2D eigenvalue weighted by molar-refractivity contribution is 5.94. The molecular formula is C11H11N3O3. The Bertz CT molecular complexity index is 563. The molecule has 0 atom stereocenters. The summed E-state index contributed by atoms with van der Waals surface area (Å²) in [5, 5.41) is 15.5. The van der Waals surface area contributed by atoms with Crippen molar-refractivity contribution in [3.8, 4) is 11.6 Å². The molecule has 0 aliphatic heterocycles. The summed E-state index contributed by atoms with van der Waals surface area (Å²) in [7, 11) is 0. The summed E-state index contributed by atoms with van der Waals surface area (Å²) in [6.45, 7) is 1.84. The first kappa shape index (κ1) is 11.0. The van der Waals surface area contributed by atoms with Gasteiger partial charge in [-0.1, -0.05) is 0 Å². The molecule has 1 aromatic carbocycles. The standard InChI is InChI=1S/C11H11N3O3/c1-6-4-10(14-13-6)17-7-2-3-9(12)8(5-7)11(15)16/h2-5H,12H2,1H3,(H,13,14)(H,15,16). The van der Waals surface area contributed by atoms with E-state index in [2.05, 4.69) is 10.2 Å². The second kappa shape index (κ2) is 4.17. The zero-order chi connectivity index (χ0) is 12.4. The van der Waals surface area contributed by atoms with E-state index in [4.69, 9.17) is 15.6 Å². The van der Waals surface area contributed by atoms with E-state index in [-0.39, 0.29) is 11.3 Å². The van der Waals surface area contributed by atoms with Crippen LogP contribution in [0.2, 0.25) is 0 Å². The lowest BCUT2D eigenvalue weighted by Gasteiger charge is -2.05. The van der Waals surface area contributed by atoms with Crippen molar-refractivity contribution in [1.82, 2.24) is 10.2 Å². The third-order valence-corrected chi connectivity index (χ3v) is 2.16. The van der Waals surface area contributed by atoms with Crippen molar-refractivity contribution < 1.29 is 14.6 Å². The van der Waals surface area contributed by atoms with E-state index in [1.165, 1.54) is 12.1 Å². The number of carboxylic acid groups (broad SMARTS) is 1. The van der Waals surface area contributed by atoms with Gasteiger partial charge < -0.3 is 15.6 Å². The molecule has 17 heavy (non-hydrogen) atoms. The molecule has 2 aromatic rings. The fourth-order valence-corrected chi connectivity index (χ4v) is 1.35. The van der Waals surface area contributed by atoms with Crippen LogP contribution in [0.3, 0.4) is 0 Å². The Morgan fingerprint density at radius 2 is 2.24 bits per heavy atom. The normalized spacial score (nSPS) is 10.2. The largest absolute Gasteiger partial charge is 0.478 e. The number of carboxylic acids is 1. The van der Waals surface area contributed by atoms with E-state index in [0.717, 1.165) is 5.69 Å². The Morgan fingerprint density at radius 1 is 1.47 bits per heavy atom. The zero-order valence-electron chi connectivity index (χ0n) is 9.10. The lowest BCUT2D eigenvalue weighted by atomic mass is 10.2. The van der Waals surface area contributed by atoms with Gasteiger partial charge in [0.1, 0.15) is 5.75 Å². The summed E-state index contributed by atoms with van der Waals surface area (Å²) in [6, 6.07) is 6.14. The van der Waals surface area contributed by atoms with Crippen LogP contribution in [0.5, 0.6) is 11.6 Å². The molecule has 0 aliphatic rings. The molecule has 4 N–H and O–H groups in total. The number of nitrogen functional groups attached to an aromatic ring is 1. The minimum absolute atomic E-state index is 0.00903. The van der Waals surface area contributed by atoms with Crippen LogP contribution in [0.4, 0.5) is 5.69 Å². The average Bonchev–Trinajstić information content (AvgIpc) is 2.66. The Morgan fingerprint density at radius 3 is 2.82 bits per heavy atom. The number of aromatic amines is 1. The zero-order valence-corrected chi connectivity index (χ0v) is 9.10. The molecule has 0 saturated carbocycles. The van der Waals surface area contributed by atoms with Gasteiger partial charge in [0.2, 0.25) is 5.88 Å². The highest BCUT2D eigenvalue weighted by atomic mass is 16.5. The highest BCUT2D eigenvalue weighted by Crippen LogP contribution is 2.24. The van der Waals surface area contributed by atoms with Crippen LogP contribution in [0, 0.1) is 6.92 Å². The fraction of sp³-hybridized carbons (Fsp3) is 0.0909. The van der Waals surface area contributed by atoms with Gasteiger partial charge in [0.25, 0.3) is 0 Å². The molecule has 0 amide bonds. The SMILES string of the molecule is Cc1cc(Oc2ccc(N)c(C(=O)O)c2)n[nH]1. The summed E-state index contributed by atoms with van der Waals surface area (Å²) < 4.78 is 5.38. The number of H-pyrrole nitrogens is 1. The number of nitrogens with two attached hydrogens (primary N) is 1. The highest BCUT2D eigenvalue weighted by Gasteiger charge is 2.10. The fourth-order valence-electron chi connectivity index (χ4n) is 1.35. The number of carbonyl (C=O) groups is 1. The van der Waals surface area contributed by atoms with E-state index in [9.17, 15) is 4.79 Å². The van der Waals surface area contributed by atoms with Crippen molar-refractivity contribution >= 4 is 11.7 Å². The minimum Gasteiger partial charge on any atom is -0.478 e. The molecule has 0 unspecified atom stereocenters. The van der Waals surface area contributed by atoms with Crippen LogP contribution in [0.25, 0.3) is 0 Å². The number of nitrogens with zero attached hydrogens (tertiary/aromatic N) is 1. The third kappa shape index (κ3) is 2.36. The second-order valence-corrected chi connectivity index (χ2v) is 3.55. The minimum atomic E-state index is -1.09. The van der Waals surface area contributed by atoms with Crippen LogP contribution in [-0.2, 0) is 0 Å². The summed E-state index contributed by atoms with van der Waals surface area (Å²) >= 11 is 0. The van der Waals surface area contributed by atoms with Gasteiger partial charge >= 0.3 is 5.97 Å².